The van der Waals surface area contributed by atoms with Crippen LogP contribution in [0, 0.1) is 5.92 Å². The summed E-state index contributed by atoms with van der Waals surface area (Å²) < 4.78 is 5.20. The van der Waals surface area contributed by atoms with E-state index in [1.54, 1.807) is 0 Å². The summed E-state index contributed by atoms with van der Waals surface area (Å²) in [7, 11) is 1.91. The summed E-state index contributed by atoms with van der Waals surface area (Å²) in [5, 5.41) is 6.99. The summed E-state index contributed by atoms with van der Waals surface area (Å²) in [6.07, 6.45) is 0.824. The Bertz CT molecular complexity index is 270. The molecule has 0 aliphatic heterocycles. The Hall–Kier alpha value is -0.900. The average Bonchev–Trinajstić information content (AvgIpc) is 2.61. The monoisotopic (exact) mass is 197 g/mol. The van der Waals surface area contributed by atoms with E-state index in [0.717, 1.165) is 24.7 Å². The zero-order chi connectivity index (χ0) is 10.6. The molecule has 1 N–H and O–H groups in total. The van der Waals surface area contributed by atoms with Crippen LogP contribution in [-0.2, 0) is 6.42 Å². The maximum Gasteiger partial charge on any atom is 0.229 e. The Morgan fingerprint density at radius 3 is 2.64 bits per heavy atom. The molecule has 4 heteroatoms. The van der Waals surface area contributed by atoms with Crippen molar-refractivity contribution in [3.05, 3.63) is 11.7 Å². The van der Waals surface area contributed by atoms with Gasteiger partial charge in [0, 0.05) is 18.9 Å². The summed E-state index contributed by atoms with van der Waals surface area (Å²) in [5.41, 5.74) is 0. The summed E-state index contributed by atoms with van der Waals surface area (Å²) >= 11 is 0. The summed E-state index contributed by atoms with van der Waals surface area (Å²) in [5.74, 6) is 2.42. The largest absolute Gasteiger partial charge is 0.339 e. The predicted octanol–water partition coefficient (Wildman–Crippen LogP) is 1.59. The van der Waals surface area contributed by atoms with E-state index in [2.05, 4.69) is 36.2 Å². The van der Waals surface area contributed by atoms with Gasteiger partial charge in [-0.15, -0.1) is 0 Å². The third-order valence-electron chi connectivity index (χ3n) is 2.47. The molecule has 0 saturated carbocycles. The molecule has 1 aromatic heterocycles. The maximum atomic E-state index is 5.20. The van der Waals surface area contributed by atoms with Gasteiger partial charge in [-0.1, -0.05) is 25.9 Å². The molecule has 0 aliphatic carbocycles. The van der Waals surface area contributed by atoms with Crippen LogP contribution in [0.25, 0.3) is 0 Å². The Labute approximate surface area is 85.1 Å². The molecule has 1 heterocycles. The zero-order valence-corrected chi connectivity index (χ0v) is 9.37. The molecule has 80 valence electrons. The van der Waals surface area contributed by atoms with Gasteiger partial charge in [0.25, 0.3) is 0 Å². The third-order valence-corrected chi connectivity index (χ3v) is 2.47. The van der Waals surface area contributed by atoms with Gasteiger partial charge in [-0.2, -0.15) is 4.98 Å². The molecular formula is C10H19N3O. The minimum Gasteiger partial charge on any atom is -0.339 e. The molecule has 0 amide bonds. The van der Waals surface area contributed by atoms with Crippen molar-refractivity contribution in [2.75, 3.05) is 13.6 Å². The van der Waals surface area contributed by atoms with Crippen LogP contribution in [0.1, 0.15) is 38.4 Å². The van der Waals surface area contributed by atoms with Crippen molar-refractivity contribution < 1.29 is 4.52 Å². The van der Waals surface area contributed by atoms with Gasteiger partial charge in [0.1, 0.15) is 0 Å². The van der Waals surface area contributed by atoms with Gasteiger partial charge in [0.05, 0.1) is 0 Å². The normalized spacial score (nSPS) is 13.5. The summed E-state index contributed by atoms with van der Waals surface area (Å²) in [6.45, 7) is 7.30. The molecule has 0 saturated heterocycles. The molecule has 0 bridgehead atoms. The van der Waals surface area contributed by atoms with Crippen molar-refractivity contribution in [2.24, 2.45) is 5.92 Å². The van der Waals surface area contributed by atoms with E-state index in [0.29, 0.717) is 11.8 Å². The molecular weight excluding hydrogens is 178 g/mol. The second kappa shape index (κ2) is 5.10. The first-order chi connectivity index (χ1) is 6.65. The molecule has 1 aromatic rings. The summed E-state index contributed by atoms with van der Waals surface area (Å²) in [6, 6.07) is 0. The predicted molar refractivity (Wildman–Crippen MR) is 55.2 cm³/mol. The van der Waals surface area contributed by atoms with Gasteiger partial charge >= 0.3 is 0 Å². The maximum absolute atomic E-state index is 5.20. The standard InChI is InChI=1S/C10H19N3O/c1-7(2)8(3)10-12-9(13-14-10)5-6-11-4/h7-8,11H,5-6H2,1-4H3. The van der Waals surface area contributed by atoms with Crippen LogP contribution in [0.15, 0.2) is 4.52 Å². The summed E-state index contributed by atoms with van der Waals surface area (Å²) in [4.78, 5) is 4.35. The molecule has 4 nitrogen and oxygen atoms in total. The highest BCUT2D eigenvalue weighted by molar-refractivity contribution is 4.93. The first-order valence-corrected chi connectivity index (χ1v) is 5.12. The van der Waals surface area contributed by atoms with Crippen molar-refractivity contribution >= 4 is 0 Å². The molecule has 0 aromatic carbocycles. The smallest absolute Gasteiger partial charge is 0.229 e. The van der Waals surface area contributed by atoms with Crippen molar-refractivity contribution in [2.45, 2.75) is 33.1 Å². The van der Waals surface area contributed by atoms with Crippen LogP contribution in [0.5, 0.6) is 0 Å². The molecule has 0 aliphatic rings. The Balaban J connectivity index is 2.58. The molecule has 1 unspecified atom stereocenters. The fourth-order valence-corrected chi connectivity index (χ4v) is 1.08. The lowest BCUT2D eigenvalue weighted by Crippen LogP contribution is -2.11. The fourth-order valence-electron chi connectivity index (χ4n) is 1.08. The molecule has 1 rings (SSSR count). The van der Waals surface area contributed by atoms with Crippen LogP contribution >= 0.6 is 0 Å². The second-order valence-corrected chi connectivity index (χ2v) is 3.94. The van der Waals surface area contributed by atoms with E-state index < -0.39 is 0 Å². The van der Waals surface area contributed by atoms with Crippen LogP contribution in [-0.4, -0.2) is 23.7 Å². The molecule has 1 atom stereocenters. The zero-order valence-electron chi connectivity index (χ0n) is 9.37. The van der Waals surface area contributed by atoms with Gasteiger partial charge in [0.2, 0.25) is 5.89 Å². The van der Waals surface area contributed by atoms with E-state index in [9.17, 15) is 0 Å². The highest BCUT2D eigenvalue weighted by Gasteiger charge is 2.16. The number of hydrogen-bond acceptors (Lipinski definition) is 4. The van der Waals surface area contributed by atoms with Crippen molar-refractivity contribution in [3.8, 4) is 0 Å². The molecule has 0 radical (unpaired) electrons. The van der Waals surface area contributed by atoms with Crippen LogP contribution < -0.4 is 5.32 Å². The highest BCUT2D eigenvalue weighted by Crippen LogP contribution is 2.21. The van der Waals surface area contributed by atoms with E-state index in [1.165, 1.54) is 0 Å². The Kier molecular flexibility index (Phi) is 4.07. The topological polar surface area (TPSA) is 51.0 Å². The number of likely N-dealkylation sites (N-methyl/N-ethyl adjacent to an activating group) is 1. The van der Waals surface area contributed by atoms with E-state index >= 15 is 0 Å². The molecule has 0 spiro atoms. The van der Waals surface area contributed by atoms with Gasteiger partial charge in [0.15, 0.2) is 5.82 Å². The molecule has 14 heavy (non-hydrogen) atoms. The van der Waals surface area contributed by atoms with E-state index in [1.807, 2.05) is 7.05 Å². The quantitative estimate of drug-likeness (QED) is 0.778. The minimum absolute atomic E-state index is 0.339. The van der Waals surface area contributed by atoms with Crippen LogP contribution in [0.2, 0.25) is 0 Å². The Morgan fingerprint density at radius 2 is 2.07 bits per heavy atom. The third kappa shape index (κ3) is 2.80. The van der Waals surface area contributed by atoms with E-state index in [4.69, 9.17) is 4.52 Å². The van der Waals surface area contributed by atoms with Gasteiger partial charge < -0.3 is 9.84 Å². The number of rotatable bonds is 5. The van der Waals surface area contributed by atoms with Crippen LogP contribution in [0.3, 0.4) is 0 Å². The first-order valence-electron chi connectivity index (χ1n) is 5.12. The van der Waals surface area contributed by atoms with Gasteiger partial charge in [-0.25, -0.2) is 0 Å². The minimum atomic E-state index is 0.339. The lowest BCUT2D eigenvalue weighted by atomic mass is 9.98. The SMILES string of the molecule is CNCCc1noc(C(C)C(C)C)n1. The number of hydrogen-bond donors (Lipinski definition) is 1. The second-order valence-electron chi connectivity index (χ2n) is 3.94. The van der Waals surface area contributed by atoms with Crippen LogP contribution in [0.4, 0.5) is 0 Å². The van der Waals surface area contributed by atoms with E-state index in [-0.39, 0.29) is 0 Å². The lowest BCUT2D eigenvalue weighted by Gasteiger charge is -2.08. The lowest BCUT2D eigenvalue weighted by molar-refractivity contribution is 0.329. The van der Waals surface area contributed by atoms with Gasteiger partial charge in [-0.05, 0) is 13.0 Å². The molecule has 0 fully saturated rings. The highest BCUT2D eigenvalue weighted by atomic mass is 16.5. The number of nitrogens with zero attached hydrogens (tertiary/aromatic N) is 2. The Morgan fingerprint density at radius 1 is 1.36 bits per heavy atom. The average molecular weight is 197 g/mol. The van der Waals surface area contributed by atoms with Gasteiger partial charge in [-0.3, -0.25) is 0 Å². The van der Waals surface area contributed by atoms with Crippen molar-refractivity contribution in [1.29, 1.82) is 0 Å². The number of aromatic nitrogens is 2. The van der Waals surface area contributed by atoms with Crippen molar-refractivity contribution in [3.63, 3.8) is 0 Å². The first kappa shape index (κ1) is 11.2. The fraction of sp³-hybridized carbons (Fsp3) is 0.800. The number of nitrogens with one attached hydrogen (secondary N) is 1. The van der Waals surface area contributed by atoms with Crippen molar-refractivity contribution in [1.82, 2.24) is 15.5 Å².